The molecule has 4 nitrogen and oxygen atoms in total. The molecule has 0 radical (unpaired) electrons. The Hall–Kier alpha value is 0.220. The fourth-order valence-corrected chi connectivity index (χ4v) is 3.97. The van der Waals surface area contributed by atoms with E-state index in [0.717, 1.165) is 24.8 Å². The fourth-order valence-electron chi connectivity index (χ4n) is 2.64. The summed E-state index contributed by atoms with van der Waals surface area (Å²) in [5.74, 6) is 2.27. The first-order valence-corrected chi connectivity index (χ1v) is 10.2. The molecule has 0 bridgehead atoms. The maximum atomic E-state index is 10.5. The monoisotopic (exact) mass is 309 g/mol. The molecule has 0 aromatic heterocycles. The molecule has 0 amide bonds. The molecular weight excluding hydrogens is 282 g/mol. The lowest BCUT2D eigenvalue weighted by Gasteiger charge is -2.26. The van der Waals surface area contributed by atoms with Gasteiger partial charge in [-0.2, -0.15) is 8.42 Å². The largest absolute Gasteiger partial charge is 0.319 e. The second kappa shape index (κ2) is 9.21. The quantitative estimate of drug-likeness (QED) is 0.389. The summed E-state index contributed by atoms with van der Waals surface area (Å²) in [6, 6.07) is 0. The first-order valence-electron chi connectivity index (χ1n) is 7.30. The van der Waals surface area contributed by atoms with Crippen LogP contribution in [0.1, 0.15) is 51.9 Å². The van der Waals surface area contributed by atoms with Crippen LogP contribution in [0.4, 0.5) is 0 Å². The van der Waals surface area contributed by atoms with Gasteiger partial charge >= 0.3 is 9.15 Å². The van der Waals surface area contributed by atoms with Crippen LogP contribution in [0.2, 0.25) is 0 Å². The highest BCUT2D eigenvalue weighted by atomic mass is 33.1. The average molecular weight is 309 g/mol. The van der Waals surface area contributed by atoms with Crippen molar-refractivity contribution in [3.8, 4) is 0 Å². The van der Waals surface area contributed by atoms with Crippen molar-refractivity contribution >= 4 is 19.9 Å². The van der Waals surface area contributed by atoms with Gasteiger partial charge in [-0.25, -0.2) is 0 Å². The molecule has 1 saturated carbocycles. The van der Waals surface area contributed by atoms with E-state index in [1.807, 2.05) is 0 Å². The number of hydrogen-bond acceptors (Lipinski definition) is 4. The molecule has 1 fully saturated rings. The summed E-state index contributed by atoms with van der Waals surface area (Å²) in [6.45, 7) is 3.92. The summed E-state index contributed by atoms with van der Waals surface area (Å²) in [5.41, 5.74) is 0. The van der Waals surface area contributed by atoms with E-state index in [4.69, 9.17) is 4.55 Å². The second-order valence-electron chi connectivity index (χ2n) is 5.62. The predicted octanol–water partition coefficient (Wildman–Crippen LogP) is 3.11. The van der Waals surface area contributed by atoms with Gasteiger partial charge in [0.15, 0.2) is 0 Å². The van der Waals surface area contributed by atoms with E-state index in [1.54, 1.807) is 0 Å². The summed E-state index contributed by atoms with van der Waals surface area (Å²) in [7, 11) is -3.28. The topological polar surface area (TPSA) is 66.4 Å². The van der Waals surface area contributed by atoms with Crippen molar-refractivity contribution in [2.75, 3.05) is 18.8 Å². The van der Waals surface area contributed by atoms with Crippen molar-refractivity contribution in [1.29, 1.82) is 0 Å². The van der Waals surface area contributed by atoms with Crippen molar-refractivity contribution in [3.63, 3.8) is 0 Å². The Bertz CT molecular complexity index is 325. The van der Waals surface area contributed by atoms with Gasteiger partial charge in [0.25, 0.3) is 0 Å². The third-order valence-corrected chi connectivity index (χ3v) is 5.92. The highest BCUT2D eigenvalue weighted by Crippen LogP contribution is 2.31. The summed E-state index contributed by atoms with van der Waals surface area (Å²) >= 11 is 0. The molecule has 1 rings (SSSR count). The van der Waals surface area contributed by atoms with Crippen molar-refractivity contribution in [2.24, 2.45) is 11.8 Å². The van der Waals surface area contributed by atoms with Gasteiger partial charge in [0.05, 0.1) is 0 Å². The van der Waals surface area contributed by atoms with Crippen molar-refractivity contribution in [2.45, 2.75) is 51.9 Å². The van der Waals surface area contributed by atoms with Crippen LogP contribution >= 0.6 is 10.8 Å². The summed E-state index contributed by atoms with van der Waals surface area (Å²) < 4.78 is 29.4. The SMILES string of the molecule is CC1CCC(CCCCNCCSS(=O)(=O)O)CC1. The van der Waals surface area contributed by atoms with Gasteiger partial charge < -0.3 is 5.32 Å². The standard InChI is InChI=1S/C13H27NO3S2/c1-12-5-7-13(8-6-12)4-2-3-9-14-10-11-18-19(15,16)17/h12-14H,2-11H2,1H3,(H,15,16,17). The molecule has 0 aromatic rings. The summed E-state index contributed by atoms with van der Waals surface area (Å²) in [6.07, 6.45) is 9.36. The zero-order valence-corrected chi connectivity index (χ0v) is 13.4. The molecule has 0 heterocycles. The smallest absolute Gasteiger partial charge is 0.316 e. The van der Waals surface area contributed by atoms with Crippen molar-refractivity contribution in [3.05, 3.63) is 0 Å². The van der Waals surface area contributed by atoms with Gasteiger partial charge in [-0.3, -0.25) is 4.55 Å². The maximum Gasteiger partial charge on any atom is 0.319 e. The minimum atomic E-state index is -3.86. The minimum Gasteiger partial charge on any atom is -0.316 e. The van der Waals surface area contributed by atoms with Crippen LogP contribution in [0.3, 0.4) is 0 Å². The summed E-state index contributed by atoms with van der Waals surface area (Å²) in [4.78, 5) is 0. The van der Waals surface area contributed by atoms with E-state index in [2.05, 4.69) is 12.2 Å². The number of nitrogens with one attached hydrogen (secondary N) is 1. The lowest BCUT2D eigenvalue weighted by atomic mass is 9.81. The third-order valence-electron chi connectivity index (χ3n) is 3.86. The zero-order chi connectivity index (χ0) is 14.1. The van der Waals surface area contributed by atoms with Gasteiger partial charge in [-0.15, -0.1) is 0 Å². The highest BCUT2D eigenvalue weighted by molar-refractivity contribution is 8.69. The first-order chi connectivity index (χ1) is 8.97. The van der Waals surface area contributed by atoms with Gasteiger partial charge in [0.1, 0.15) is 0 Å². The van der Waals surface area contributed by atoms with E-state index in [0.29, 0.717) is 23.1 Å². The Morgan fingerprint density at radius 3 is 2.47 bits per heavy atom. The Kier molecular flexibility index (Phi) is 8.37. The zero-order valence-electron chi connectivity index (χ0n) is 11.8. The molecule has 1 aliphatic carbocycles. The van der Waals surface area contributed by atoms with Crippen LogP contribution in [0, 0.1) is 11.8 Å². The summed E-state index contributed by atoms with van der Waals surface area (Å²) in [5, 5.41) is 3.21. The molecule has 19 heavy (non-hydrogen) atoms. The van der Waals surface area contributed by atoms with Crippen LogP contribution in [-0.2, 0) is 9.15 Å². The molecule has 0 saturated heterocycles. The van der Waals surface area contributed by atoms with E-state index in [1.165, 1.54) is 38.5 Å². The van der Waals surface area contributed by atoms with Crippen LogP contribution in [-0.4, -0.2) is 31.8 Å². The molecule has 0 unspecified atom stereocenters. The highest BCUT2D eigenvalue weighted by Gasteiger charge is 2.17. The van der Waals surface area contributed by atoms with E-state index >= 15 is 0 Å². The van der Waals surface area contributed by atoms with Crippen LogP contribution in [0.5, 0.6) is 0 Å². The first kappa shape index (κ1) is 17.3. The fraction of sp³-hybridized carbons (Fsp3) is 1.00. The minimum absolute atomic E-state index is 0.402. The van der Waals surface area contributed by atoms with Crippen LogP contribution in [0.25, 0.3) is 0 Å². The molecular formula is C13H27NO3S2. The van der Waals surface area contributed by atoms with Gasteiger partial charge in [0, 0.05) is 12.3 Å². The molecule has 1 aliphatic rings. The van der Waals surface area contributed by atoms with E-state index < -0.39 is 9.15 Å². The molecule has 2 N–H and O–H groups in total. The Balaban J connectivity index is 1.86. The molecule has 6 heteroatoms. The Labute approximate surface area is 121 Å². The Morgan fingerprint density at radius 2 is 1.84 bits per heavy atom. The second-order valence-corrected chi connectivity index (χ2v) is 9.09. The normalized spacial score (nSPS) is 24.5. The van der Waals surface area contributed by atoms with E-state index in [9.17, 15) is 8.42 Å². The lowest BCUT2D eigenvalue weighted by molar-refractivity contribution is 0.272. The predicted molar refractivity (Wildman–Crippen MR) is 81.8 cm³/mol. The van der Waals surface area contributed by atoms with Crippen LogP contribution in [0.15, 0.2) is 0 Å². The molecule has 0 spiro atoms. The molecule has 0 aliphatic heterocycles. The molecule has 0 atom stereocenters. The van der Waals surface area contributed by atoms with Gasteiger partial charge in [0.2, 0.25) is 0 Å². The Morgan fingerprint density at radius 1 is 1.16 bits per heavy atom. The molecule has 0 aromatic carbocycles. The number of unbranched alkanes of at least 4 members (excludes halogenated alkanes) is 1. The van der Waals surface area contributed by atoms with Gasteiger partial charge in [-0.05, 0) is 35.6 Å². The van der Waals surface area contributed by atoms with Crippen molar-refractivity contribution < 1.29 is 13.0 Å². The van der Waals surface area contributed by atoms with Gasteiger partial charge in [-0.1, -0.05) is 45.4 Å². The number of hydrogen-bond donors (Lipinski definition) is 2. The van der Waals surface area contributed by atoms with Crippen LogP contribution < -0.4 is 5.32 Å². The average Bonchev–Trinajstić information content (AvgIpc) is 2.33. The number of rotatable bonds is 9. The van der Waals surface area contributed by atoms with Crippen molar-refractivity contribution in [1.82, 2.24) is 5.32 Å². The van der Waals surface area contributed by atoms with E-state index in [-0.39, 0.29) is 0 Å². The lowest BCUT2D eigenvalue weighted by Crippen LogP contribution is -2.19. The molecule has 114 valence electrons. The maximum absolute atomic E-state index is 10.5. The third kappa shape index (κ3) is 9.71.